The quantitative estimate of drug-likeness (QED) is 0.613. The number of fused-ring (bicyclic) bond motifs is 2. The molecule has 2 N–H and O–H groups in total. The van der Waals surface area contributed by atoms with Crippen LogP contribution >= 0.6 is 0 Å². The van der Waals surface area contributed by atoms with Crippen molar-refractivity contribution < 1.29 is 23.5 Å². The summed E-state index contributed by atoms with van der Waals surface area (Å²) in [5, 5.41) is 13.5. The monoisotopic (exact) mass is 399 g/mol. The first-order valence-corrected chi connectivity index (χ1v) is 9.62. The second kappa shape index (κ2) is 7.73. The summed E-state index contributed by atoms with van der Waals surface area (Å²) in [5.41, 5.74) is 2.28. The van der Waals surface area contributed by atoms with Gasteiger partial charge in [-0.2, -0.15) is 0 Å². The van der Waals surface area contributed by atoms with Crippen LogP contribution in [0.15, 0.2) is 25.8 Å². The van der Waals surface area contributed by atoms with Crippen LogP contribution in [0.4, 0.5) is 0 Å². The highest BCUT2D eigenvalue weighted by Gasteiger charge is 2.26. The Morgan fingerprint density at radius 1 is 1.07 bits per heavy atom. The van der Waals surface area contributed by atoms with Crippen LogP contribution in [-0.2, 0) is 16.0 Å². The van der Waals surface area contributed by atoms with E-state index in [0.717, 1.165) is 22.1 Å². The van der Waals surface area contributed by atoms with E-state index in [9.17, 15) is 19.5 Å². The maximum atomic E-state index is 12.5. The van der Waals surface area contributed by atoms with Crippen molar-refractivity contribution >= 4 is 33.8 Å². The predicted molar refractivity (Wildman–Crippen MR) is 109 cm³/mol. The Labute approximate surface area is 167 Å². The average Bonchev–Trinajstić information content (AvgIpc) is 2.94. The summed E-state index contributed by atoms with van der Waals surface area (Å²) in [6.45, 7) is 9.20. The summed E-state index contributed by atoms with van der Waals surface area (Å²) in [6.07, 6.45) is 0.361. The number of hydrogen-bond acceptors (Lipinski definition) is 5. The molecule has 29 heavy (non-hydrogen) atoms. The molecule has 0 aliphatic rings. The first-order chi connectivity index (χ1) is 13.6. The minimum Gasteiger partial charge on any atom is -0.480 e. The zero-order chi connectivity index (χ0) is 21.5. The van der Waals surface area contributed by atoms with Gasteiger partial charge >= 0.3 is 11.6 Å². The lowest BCUT2D eigenvalue weighted by Crippen LogP contribution is -2.45. The van der Waals surface area contributed by atoms with Crippen LogP contribution in [0.25, 0.3) is 21.9 Å². The molecule has 0 aliphatic heterocycles. The van der Waals surface area contributed by atoms with E-state index in [1.54, 1.807) is 19.9 Å². The van der Waals surface area contributed by atoms with E-state index < -0.39 is 23.5 Å². The fraction of sp³-hybridized carbons (Fsp3) is 0.409. The highest BCUT2D eigenvalue weighted by Crippen LogP contribution is 2.31. The van der Waals surface area contributed by atoms with Gasteiger partial charge in [0.1, 0.15) is 23.0 Å². The molecule has 154 valence electrons. The molecule has 3 rings (SSSR count). The number of amides is 1. The lowest BCUT2D eigenvalue weighted by molar-refractivity contribution is -0.143. The molecule has 2 atom stereocenters. The smallest absolute Gasteiger partial charge is 0.340 e. The molecule has 3 aromatic rings. The van der Waals surface area contributed by atoms with Crippen molar-refractivity contribution in [2.75, 3.05) is 0 Å². The van der Waals surface area contributed by atoms with Crippen molar-refractivity contribution in [3.8, 4) is 0 Å². The number of carboxylic acid groups (broad SMARTS) is 1. The molecule has 1 aromatic carbocycles. The molecule has 0 radical (unpaired) electrons. The minimum atomic E-state index is -1.09. The third-order valence-electron chi connectivity index (χ3n) is 5.72. The van der Waals surface area contributed by atoms with Crippen molar-refractivity contribution in [1.82, 2.24) is 5.32 Å². The van der Waals surface area contributed by atoms with E-state index in [0.29, 0.717) is 23.2 Å². The molecule has 0 saturated heterocycles. The van der Waals surface area contributed by atoms with Gasteiger partial charge in [-0.25, -0.2) is 9.59 Å². The molecule has 0 saturated carbocycles. The number of aliphatic carboxylic acids is 1. The molecule has 1 amide bonds. The van der Waals surface area contributed by atoms with E-state index in [4.69, 9.17) is 8.83 Å². The fourth-order valence-electron chi connectivity index (χ4n) is 3.50. The number of carboxylic acids is 1. The summed E-state index contributed by atoms with van der Waals surface area (Å²) in [7, 11) is 0. The Bertz CT molecular complexity index is 1170. The summed E-state index contributed by atoms with van der Waals surface area (Å²) >= 11 is 0. The highest BCUT2D eigenvalue weighted by atomic mass is 16.4. The van der Waals surface area contributed by atoms with Gasteiger partial charge in [0.15, 0.2) is 0 Å². The fourth-order valence-corrected chi connectivity index (χ4v) is 3.50. The van der Waals surface area contributed by atoms with Crippen LogP contribution in [0, 0.1) is 26.7 Å². The van der Waals surface area contributed by atoms with Gasteiger partial charge in [0.2, 0.25) is 5.91 Å². The topological polar surface area (TPSA) is 110 Å². The maximum absolute atomic E-state index is 12.5. The lowest BCUT2D eigenvalue weighted by atomic mass is 9.98. The first kappa shape index (κ1) is 20.6. The molecule has 7 nitrogen and oxygen atoms in total. The molecule has 0 aliphatic carbocycles. The van der Waals surface area contributed by atoms with Crippen LogP contribution in [0.5, 0.6) is 0 Å². The maximum Gasteiger partial charge on any atom is 0.340 e. The molecule has 0 bridgehead atoms. The van der Waals surface area contributed by atoms with Gasteiger partial charge in [0, 0.05) is 16.8 Å². The molecule has 2 heterocycles. The van der Waals surface area contributed by atoms with Crippen LogP contribution in [0.3, 0.4) is 0 Å². The molecule has 7 heteroatoms. The highest BCUT2D eigenvalue weighted by molar-refractivity contribution is 5.97. The van der Waals surface area contributed by atoms with Crippen molar-refractivity contribution in [2.45, 2.75) is 53.5 Å². The predicted octanol–water partition coefficient (Wildman–Crippen LogP) is 3.62. The van der Waals surface area contributed by atoms with E-state index in [-0.39, 0.29) is 17.9 Å². The molecular weight excluding hydrogens is 374 g/mol. The third kappa shape index (κ3) is 3.77. The summed E-state index contributed by atoms with van der Waals surface area (Å²) in [4.78, 5) is 36.5. The number of furan rings is 1. The number of hydrogen-bond donors (Lipinski definition) is 2. The van der Waals surface area contributed by atoms with Gasteiger partial charge in [0.25, 0.3) is 0 Å². The number of rotatable bonds is 6. The molecule has 0 fully saturated rings. The van der Waals surface area contributed by atoms with Gasteiger partial charge in [0.05, 0.1) is 12.0 Å². The van der Waals surface area contributed by atoms with Crippen molar-refractivity contribution in [2.24, 2.45) is 5.92 Å². The minimum absolute atomic E-state index is 0.223. The van der Waals surface area contributed by atoms with E-state index in [1.165, 1.54) is 0 Å². The number of carbonyl (C=O) groups is 2. The van der Waals surface area contributed by atoms with Gasteiger partial charge in [-0.1, -0.05) is 20.3 Å². The van der Waals surface area contributed by atoms with Crippen molar-refractivity contribution in [1.29, 1.82) is 0 Å². The van der Waals surface area contributed by atoms with Crippen LogP contribution < -0.4 is 10.9 Å². The van der Waals surface area contributed by atoms with Gasteiger partial charge in [-0.05, 0) is 43.9 Å². The standard InChI is InChI=1S/C22H25NO6/c1-6-10(2)20(21(25)26)23-19(24)8-16-12(4)15-7-14-11(3)13(5)28-17(14)9-18(15)29-22(16)27/h7,9-10,20H,6,8H2,1-5H3,(H,23,24)(H,25,26). The normalized spacial score (nSPS) is 13.6. The zero-order valence-electron chi connectivity index (χ0n) is 17.2. The van der Waals surface area contributed by atoms with Crippen LogP contribution in [0.2, 0.25) is 0 Å². The SMILES string of the molecule is CCC(C)C(NC(=O)Cc1c(C)c2cc3c(C)c(C)oc3cc2oc1=O)C(=O)O. The zero-order valence-corrected chi connectivity index (χ0v) is 17.2. The van der Waals surface area contributed by atoms with Crippen LogP contribution in [0.1, 0.15) is 42.7 Å². The van der Waals surface area contributed by atoms with Crippen LogP contribution in [-0.4, -0.2) is 23.0 Å². The molecule has 2 unspecified atom stereocenters. The summed E-state index contributed by atoms with van der Waals surface area (Å²) < 4.78 is 11.1. The Morgan fingerprint density at radius 3 is 2.31 bits per heavy atom. The second-order valence-corrected chi connectivity index (χ2v) is 7.57. The number of nitrogens with one attached hydrogen (secondary N) is 1. The molecule has 2 aromatic heterocycles. The Balaban J connectivity index is 2.00. The first-order valence-electron chi connectivity index (χ1n) is 9.62. The number of benzene rings is 1. The summed E-state index contributed by atoms with van der Waals surface area (Å²) in [5.74, 6) is -1.06. The second-order valence-electron chi connectivity index (χ2n) is 7.57. The molecule has 0 spiro atoms. The van der Waals surface area contributed by atoms with E-state index >= 15 is 0 Å². The number of carbonyl (C=O) groups excluding carboxylic acids is 1. The largest absolute Gasteiger partial charge is 0.480 e. The summed E-state index contributed by atoms with van der Waals surface area (Å²) in [6, 6.07) is 2.58. The van der Waals surface area contributed by atoms with Gasteiger partial charge in [-0.3, -0.25) is 4.79 Å². The Morgan fingerprint density at radius 2 is 1.69 bits per heavy atom. The van der Waals surface area contributed by atoms with Gasteiger partial charge in [-0.15, -0.1) is 0 Å². The van der Waals surface area contributed by atoms with Gasteiger partial charge < -0.3 is 19.3 Å². The lowest BCUT2D eigenvalue weighted by Gasteiger charge is -2.20. The van der Waals surface area contributed by atoms with Crippen molar-refractivity contribution in [3.05, 3.63) is 45.0 Å². The number of aryl methyl sites for hydroxylation is 3. The Kier molecular flexibility index (Phi) is 5.50. The molecular formula is C22H25NO6. The van der Waals surface area contributed by atoms with E-state index in [1.807, 2.05) is 26.8 Å². The average molecular weight is 399 g/mol. The Hall–Kier alpha value is -3.09. The van der Waals surface area contributed by atoms with E-state index in [2.05, 4.69) is 5.32 Å². The third-order valence-corrected chi connectivity index (χ3v) is 5.72. The van der Waals surface area contributed by atoms with Crippen molar-refractivity contribution in [3.63, 3.8) is 0 Å².